The fourth-order valence-corrected chi connectivity index (χ4v) is 13.0. The zero-order chi connectivity index (χ0) is 65.4. The van der Waals surface area contributed by atoms with Crippen LogP contribution in [0.4, 0.5) is 17.1 Å². The summed E-state index contributed by atoms with van der Waals surface area (Å²) in [6.07, 6.45) is -10.9. The number of phenols is 1. The van der Waals surface area contributed by atoms with E-state index in [9.17, 15) is 78.8 Å². The van der Waals surface area contributed by atoms with Crippen molar-refractivity contribution in [3.63, 3.8) is 0 Å². The molecule has 494 valence electrons. The molecule has 0 saturated carbocycles. The number of aromatic hydroxyl groups is 1. The number of fused-ring (bicyclic) bond motifs is 2. The van der Waals surface area contributed by atoms with Crippen LogP contribution in [-0.2, 0) is 65.1 Å². The molecule has 9 rings (SSSR count). The van der Waals surface area contributed by atoms with Crippen LogP contribution in [0.3, 0.4) is 0 Å². The standard InChI is InChI=1S/C59H77N11O20S.Na/c1-32-30-70-50(51(32)77)56(82)61-28-39(72)26-41(62-52(78)35-5-7-36(8-6-35)67-18-20-68(21-19-67)38-11-9-37(10-12-38)66-16-14-59(15-17-66)87-22-23-88-59)53(79)63-47(33(2)71)57(83)69-31-40(73)27-42(69)54(80)64-48(55(81)65-49(58(70)84)45(76)29-60-3)44(75)24-34-4-13-43(74)46(25-34)91(86)90-89-85;/h4-13,25,32-33,39-42,44-45,47-51,71-77,85H,14-24,26-31H2,1-2H3,(H,61,82)(H,62,78)(H,63,79)(H,64,80)(H,65,81);/q;+1/p-1/t32?,33?,39-,40?,41-,42?,44+,45+,47?,48?,49-,50?,51-,91?;/m0./s1. The summed E-state index contributed by atoms with van der Waals surface area (Å²) in [5, 5.41) is 104. The van der Waals surface area contributed by atoms with Gasteiger partial charge < -0.3 is 106 Å². The molecule has 3 aromatic carbocycles. The van der Waals surface area contributed by atoms with Gasteiger partial charge in [0.1, 0.15) is 46.9 Å². The minimum absolute atomic E-state index is 0. The Kier molecular flexibility index (Phi) is 24.4. The third-order valence-electron chi connectivity index (χ3n) is 17.5. The van der Waals surface area contributed by atoms with Crippen molar-refractivity contribution in [2.24, 2.45) is 5.92 Å². The van der Waals surface area contributed by atoms with Gasteiger partial charge in [-0.05, 0) is 73.2 Å². The first-order chi connectivity index (χ1) is 43.5. The summed E-state index contributed by atoms with van der Waals surface area (Å²) in [7, 11) is 0. The van der Waals surface area contributed by atoms with E-state index in [0.29, 0.717) is 39.4 Å². The van der Waals surface area contributed by atoms with Crippen LogP contribution >= 0.6 is 0 Å². The number of nitrogens with zero attached hydrogens (tertiary/aromatic N) is 6. The van der Waals surface area contributed by atoms with Crippen LogP contribution in [-0.4, -0.2) is 248 Å². The Morgan fingerprint density at radius 2 is 1.32 bits per heavy atom. The van der Waals surface area contributed by atoms with Gasteiger partial charge in [0.25, 0.3) is 5.91 Å². The molecule has 6 saturated heterocycles. The fraction of sp³-hybridized carbons (Fsp3) is 0.559. The number of β-amino-alcohol motifs (C(OH)–C–C–N with tert-alkyl or cyclic N) is 1. The number of rotatable bonds is 14. The molecule has 6 fully saturated rings. The SMILES string of the molecule is [C-]#[N+]C[C@@H](O)[C@@H]1NC(=O)C([C@H](O)Cc2ccc(O)c(S(=O)OO[O-])c2)NC(=O)C2CC(O)CN2C(=O)C(C(C)O)NC(=O)[C@@H](NC(=O)c2ccc(N3CCN(c4ccc(N5CCC6(CC5)OCCO6)cc4)CC3)cc2)C[C@H](O)CNC(=O)C2[C@@H](O)C(C)CN2C1=O.[Na+]. The fourth-order valence-electron chi connectivity index (χ4n) is 12.4. The van der Waals surface area contributed by atoms with Gasteiger partial charge in [0.15, 0.2) is 11.9 Å². The van der Waals surface area contributed by atoms with Crippen LogP contribution in [0.15, 0.2) is 71.6 Å². The van der Waals surface area contributed by atoms with E-state index in [-0.39, 0.29) is 47.2 Å². The number of nitrogens with one attached hydrogen (secondary N) is 5. The Labute approximate surface area is 553 Å². The average molecular weight is 1310 g/mol. The number of piperidine rings is 1. The van der Waals surface area contributed by atoms with Crippen molar-refractivity contribution in [1.29, 1.82) is 0 Å². The normalized spacial score (nSPS) is 28.2. The van der Waals surface area contributed by atoms with E-state index < -0.39 is 187 Å². The molecule has 14 atom stereocenters. The maximum absolute atomic E-state index is 14.6. The molecule has 8 unspecified atom stereocenters. The molecule has 12 N–H and O–H groups in total. The summed E-state index contributed by atoms with van der Waals surface area (Å²) in [5.41, 5.74) is 3.06. The van der Waals surface area contributed by atoms with Crippen LogP contribution < -0.4 is 76.1 Å². The number of carbonyl (C=O) groups is 7. The molecule has 6 aliphatic heterocycles. The monoisotopic (exact) mass is 1310 g/mol. The quantitative estimate of drug-likeness (QED) is 0.0309. The molecule has 0 aliphatic carbocycles. The number of ether oxygens (including phenoxy) is 2. The summed E-state index contributed by atoms with van der Waals surface area (Å²) in [6, 6.07) is 6.65. The Morgan fingerprint density at radius 1 is 0.750 bits per heavy atom. The second-order valence-electron chi connectivity index (χ2n) is 23.6. The van der Waals surface area contributed by atoms with E-state index in [0.717, 1.165) is 71.8 Å². The van der Waals surface area contributed by atoms with Gasteiger partial charge in [-0.1, -0.05) is 13.0 Å². The molecule has 7 amide bonds. The minimum Gasteiger partial charge on any atom is -0.691 e. The maximum Gasteiger partial charge on any atom is 1.00 e. The molecular formula is C59H76N11NaO20S. The van der Waals surface area contributed by atoms with Gasteiger partial charge in [-0.2, -0.15) is 0 Å². The third kappa shape index (κ3) is 16.6. The molecule has 6 heterocycles. The summed E-state index contributed by atoms with van der Waals surface area (Å²) >= 11 is -2.73. The van der Waals surface area contributed by atoms with Crippen LogP contribution in [0, 0.1) is 12.5 Å². The number of hydrogen-bond donors (Lipinski definition) is 12. The molecule has 1 spiro atoms. The second-order valence-corrected chi connectivity index (χ2v) is 24.7. The molecular weight excluding hydrogens is 1240 g/mol. The zero-order valence-corrected chi connectivity index (χ0v) is 53.7. The van der Waals surface area contributed by atoms with E-state index in [1.54, 1.807) is 12.1 Å². The van der Waals surface area contributed by atoms with Gasteiger partial charge in [-0.25, -0.2) is 10.8 Å². The molecule has 33 heteroatoms. The van der Waals surface area contributed by atoms with Crippen molar-refractivity contribution in [3.05, 3.63) is 89.3 Å². The second kappa shape index (κ2) is 31.5. The van der Waals surface area contributed by atoms with Crippen LogP contribution in [0.1, 0.15) is 55.5 Å². The van der Waals surface area contributed by atoms with Gasteiger partial charge in [0.05, 0.1) is 43.7 Å². The van der Waals surface area contributed by atoms with Crippen LogP contribution in [0.2, 0.25) is 0 Å². The predicted octanol–water partition coefficient (Wildman–Crippen LogP) is -7.82. The summed E-state index contributed by atoms with van der Waals surface area (Å²) < 4.78 is 28.4. The number of aliphatic hydroxyl groups is 6. The van der Waals surface area contributed by atoms with E-state index in [4.69, 9.17) is 16.0 Å². The first-order valence-electron chi connectivity index (χ1n) is 29.9. The molecule has 0 bridgehead atoms. The maximum atomic E-state index is 14.6. The van der Waals surface area contributed by atoms with Crippen molar-refractivity contribution in [3.8, 4) is 5.75 Å². The first kappa shape index (κ1) is 71.2. The van der Waals surface area contributed by atoms with E-state index in [1.165, 1.54) is 25.1 Å². The first-order valence-corrected chi connectivity index (χ1v) is 31.0. The number of phenolic OH excluding ortho intramolecular Hbond substituents is 1. The van der Waals surface area contributed by atoms with Crippen LogP contribution in [0.25, 0.3) is 4.85 Å². The molecule has 0 aromatic heterocycles. The number of amides is 7. The van der Waals surface area contributed by atoms with Gasteiger partial charge in [-0.15, -0.1) is 4.33 Å². The molecule has 6 aliphatic rings. The number of piperazine rings is 1. The van der Waals surface area contributed by atoms with Crippen molar-refractivity contribution in [2.75, 3.05) is 93.4 Å². The number of anilines is 3. The zero-order valence-electron chi connectivity index (χ0n) is 50.9. The minimum atomic E-state index is -2.73. The van der Waals surface area contributed by atoms with E-state index in [1.807, 2.05) is 0 Å². The molecule has 31 nitrogen and oxygen atoms in total. The summed E-state index contributed by atoms with van der Waals surface area (Å²) in [6.45, 7) is 13.2. The topological polar surface area (TPSA) is 419 Å². The van der Waals surface area contributed by atoms with E-state index >= 15 is 0 Å². The Bertz CT molecular complexity index is 3180. The Balaban J connectivity index is 0.0000109. The average Bonchev–Trinajstić information content (AvgIpc) is 1.65. The smallest absolute Gasteiger partial charge is 0.691 e. The van der Waals surface area contributed by atoms with Crippen molar-refractivity contribution in [1.82, 2.24) is 36.4 Å². The third-order valence-corrected chi connectivity index (χ3v) is 18.3. The predicted molar refractivity (Wildman–Crippen MR) is 316 cm³/mol. The van der Waals surface area contributed by atoms with Gasteiger partial charge in [0, 0.05) is 120 Å². The molecule has 3 aromatic rings. The molecule has 0 radical (unpaired) electrons. The van der Waals surface area contributed by atoms with Gasteiger partial charge >= 0.3 is 29.6 Å². The number of hydrogen-bond acceptors (Lipinski definition) is 23. The largest absolute Gasteiger partial charge is 1.00 e. The number of aliphatic hydroxyl groups excluding tert-OH is 6. The summed E-state index contributed by atoms with van der Waals surface area (Å²) in [5.74, 6) is -10.0. The number of carbonyl (C=O) groups excluding carboxylic acids is 7. The van der Waals surface area contributed by atoms with Crippen molar-refractivity contribution >= 4 is 69.5 Å². The Morgan fingerprint density at radius 3 is 1.90 bits per heavy atom. The van der Waals surface area contributed by atoms with E-state index in [2.05, 4.69) is 79.8 Å². The Hall–Kier alpha value is -6.65. The van der Waals surface area contributed by atoms with Gasteiger partial charge in [0.2, 0.25) is 53.1 Å². The van der Waals surface area contributed by atoms with Crippen LogP contribution in [0.5, 0.6) is 5.75 Å². The van der Waals surface area contributed by atoms with Crippen molar-refractivity contribution in [2.45, 2.75) is 130 Å². The number of benzene rings is 3. The van der Waals surface area contributed by atoms with Crippen molar-refractivity contribution < 1.29 is 127 Å². The molecule has 92 heavy (non-hydrogen) atoms. The summed E-state index contributed by atoms with van der Waals surface area (Å²) in [4.78, 5) is 112. The van der Waals surface area contributed by atoms with Gasteiger partial charge in [-0.3, -0.25) is 38.6 Å².